The fourth-order valence-corrected chi connectivity index (χ4v) is 1.91. The highest BCUT2D eigenvalue weighted by Crippen LogP contribution is 2.27. The van der Waals surface area contributed by atoms with Crippen molar-refractivity contribution in [3.8, 4) is 17.6 Å². The average Bonchev–Trinajstić information content (AvgIpc) is 2.49. The minimum Gasteiger partial charge on any atom is -0.456 e. The monoisotopic (exact) mass is 269 g/mol. The molecule has 0 heterocycles. The number of hydrogen-bond acceptors (Lipinski definition) is 2. The van der Waals surface area contributed by atoms with E-state index in [9.17, 15) is 4.39 Å². The molecular formula is C17H16FNO. The van der Waals surface area contributed by atoms with Crippen LogP contribution in [0.1, 0.15) is 37.3 Å². The molecule has 0 N–H and O–H groups in total. The molecule has 2 rings (SSSR count). The highest BCUT2D eigenvalue weighted by Gasteiger charge is 2.07. The fraction of sp³-hybridized carbons (Fsp3) is 0.235. The van der Waals surface area contributed by atoms with Crippen molar-refractivity contribution in [3.05, 3.63) is 59.4 Å². The Morgan fingerprint density at radius 1 is 1.20 bits per heavy atom. The zero-order valence-electron chi connectivity index (χ0n) is 11.6. The van der Waals surface area contributed by atoms with E-state index in [1.165, 1.54) is 23.8 Å². The first-order chi connectivity index (χ1) is 9.63. The van der Waals surface area contributed by atoms with Crippen molar-refractivity contribution in [3.63, 3.8) is 0 Å². The third-order valence-electron chi connectivity index (χ3n) is 3.35. The number of ether oxygens (including phenoxy) is 1. The summed E-state index contributed by atoms with van der Waals surface area (Å²) in [6.45, 7) is 4.32. The molecule has 20 heavy (non-hydrogen) atoms. The minimum absolute atomic E-state index is 0.191. The van der Waals surface area contributed by atoms with Gasteiger partial charge in [0, 0.05) is 0 Å². The molecule has 0 spiro atoms. The van der Waals surface area contributed by atoms with E-state index in [1.807, 2.05) is 30.3 Å². The minimum atomic E-state index is -0.444. The van der Waals surface area contributed by atoms with Crippen LogP contribution in [0.2, 0.25) is 0 Å². The first-order valence-corrected chi connectivity index (χ1v) is 6.61. The molecule has 1 unspecified atom stereocenters. The van der Waals surface area contributed by atoms with Crippen molar-refractivity contribution in [1.29, 1.82) is 5.26 Å². The van der Waals surface area contributed by atoms with E-state index in [-0.39, 0.29) is 5.56 Å². The number of hydrogen-bond donors (Lipinski definition) is 0. The number of nitrogens with zero attached hydrogens (tertiary/aromatic N) is 1. The molecule has 0 amide bonds. The van der Waals surface area contributed by atoms with E-state index in [4.69, 9.17) is 10.00 Å². The van der Waals surface area contributed by atoms with Crippen molar-refractivity contribution in [1.82, 2.24) is 0 Å². The Labute approximate surface area is 118 Å². The largest absolute Gasteiger partial charge is 0.456 e. The molecule has 0 saturated heterocycles. The van der Waals surface area contributed by atoms with Crippen LogP contribution < -0.4 is 4.74 Å². The van der Waals surface area contributed by atoms with Crippen molar-refractivity contribution >= 4 is 0 Å². The maximum Gasteiger partial charge on any atom is 0.145 e. The predicted molar refractivity (Wildman–Crippen MR) is 76.3 cm³/mol. The molecule has 102 valence electrons. The van der Waals surface area contributed by atoms with Crippen LogP contribution >= 0.6 is 0 Å². The second-order valence-corrected chi connectivity index (χ2v) is 4.73. The standard InChI is InChI=1S/C17H16FNO/c1-3-12(2)13-4-7-16(8-5-13)20-17-9-6-15(18)10-14(17)11-19/h4-10,12H,3H2,1-2H3. The number of rotatable bonds is 4. The first-order valence-electron chi connectivity index (χ1n) is 6.61. The van der Waals surface area contributed by atoms with Crippen LogP contribution in [-0.4, -0.2) is 0 Å². The zero-order valence-corrected chi connectivity index (χ0v) is 11.6. The van der Waals surface area contributed by atoms with Gasteiger partial charge in [0.05, 0.1) is 5.56 Å². The van der Waals surface area contributed by atoms with E-state index in [2.05, 4.69) is 13.8 Å². The van der Waals surface area contributed by atoms with Gasteiger partial charge in [-0.2, -0.15) is 5.26 Å². The van der Waals surface area contributed by atoms with E-state index in [0.29, 0.717) is 17.4 Å². The summed E-state index contributed by atoms with van der Waals surface area (Å²) in [5.74, 6) is 1.07. The third-order valence-corrected chi connectivity index (χ3v) is 3.35. The summed E-state index contributed by atoms with van der Waals surface area (Å²) in [5.41, 5.74) is 1.44. The van der Waals surface area contributed by atoms with E-state index in [0.717, 1.165) is 6.42 Å². The second kappa shape index (κ2) is 6.21. The zero-order chi connectivity index (χ0) is 14.5. The second-order valence-electron chi connectivity index (χ2n) is 4.73. The Morgan fingerprint density at radius 3 is 2.50 bits per heavy atom. The Bertz CT molecular complexity index is 628. The summed E-state index contributed by atoms with van der Waals surface area (Å²) in [5, 5.41) is 8.97. The molecule has 2 aromatic rings. The maximum absolute atomic E-state index is 13.0. The van der Waals surface area contributed by atoms with Gasteiger partial charge in [-0.3, -0.25) is 0 Å². The summed E-state index contributed by atoms with van der Waals surface area (Å²) < 4.78 is 18.7. The van der Waals surface area contributed by atoms with Crippen molar-refractivity contribution in [2.24, 2.45) is 0 Å². The first kappa shape index (κ1) is 14.1. The molecular weight excluding hydrogens is 253 g/mol. The molecule has 0 fully saturated rings. The van der Waals surface area contributed by atoms with Gasteiger partial charge < -0.3 is 4.74 Å². The van der Waals surface area contributed by atoms with Gasteiger partial charge in [-0.1, -0.05) is 26.0 Å². The van der Waals surface area contributed by atoms with E-state index >= 15 is 0 Å². The lowest BCUT2D eigenvalue weighted by Crippen LogP contribution is -1.92. The molecule has 0 radical (unpaired) electrons. The van der Waals surface area contributed by atoms with Gasteiger partial charge in [-0.05, 0) is 48.2 Å². The quantitative estimate of drug-likeness (QED) is 0.782. The molecule has 0 saturated carbocycles. The topological polar surface area (TPSA) is 33.0 Å². The van der Waals surface area contributed by atoms with Crippen LogP contribution in [0.3, 0.4) is 0 Å². The van der Waals surface area contributed by atoms with Gasteiger partial charge in [-0.15, -0.1) is 0 Å². The van der Waals surface area contributed by atoms with Crippen LogP contribution in [0, 0.1) is 17.1 Å². The molecule has 0 aliphatic heterocycles. The lowest BCUT2D eigenvalue weighted by atomic mass is 9.99. The smallest absolute Gasteiger partial charge is 0.145 e. The Hall–Kier alpha value is -2.34. The van der Waals surface area contributed by atoms with Gasteiger partial charge in [0.1, 0.15) is 23.4 Å². The fourth-order valence-electron chi connectivity index (χ4n) is 1.91. The summed E-state index contributed by atoms with van der Waals surface area (Å²) in [4.78, 5) is 0. The Kier molecular flexibility index (Phi) is 4.37. The number of nitriles is 1. The van der Waals surface area contributed by atoms with Crippen LogP contribution in [0.25, 0.3) is 0 Å². The van der Waals surface area contributed by atoms with Crippen LogP contribution in [-0.2, 0) is 0 Å². The van der Waals surface area contributed by atoms with Gasteiger partial charge >= 0.3 is 0 Å². The number of halogens is 1. The summed E-state index contributed by atoms with van der Waals surface area (Å²) in [6, 6.07) is 13.6. The van der Waals surface area contributed by atoms with Crippen LogP contribution in [0.15, 0.2) is 42.5 Å². The highest BCUT2D eigenvalue weighted by molar-refractivity contribution is 5.45. The maximum atomic E-state index is 13.0. The molecule has 2 nitrogen and oxygen atoms in total. The highest BCUT2D eigenvalue weighted by atomic mass is 19.1. The van der Waals surface area contributed by atoms with E-state index in [1.54, 1.807) is 0 Å². The molecule has 0 aromatic heterocycles. The molecule has 0 aliphatic rings. The summed E-state index contributed by atoms with van der Waals surface area (Å²) in [7, 11) is 0. The van der Waals surface area contributed by atoms with Crippen molar-refractivity contribution in [2.75, 3.05) is 0 Å². The van der Waals surface area contributed by atoms with Gasteiger partial charge in [0.15, 0.2) is 0 Å². The Balaban J connectivity index is 2.21. The molecule has 0 aliphatic carbocycles. The average molecular weight is 269 g/mol. The molecule has 1 atom stereocenters. The predicted octanol–water partition coefficient (Wildman–Crippen LogP) is 5.00. The molecule has 3 heteroatoms. The lowest BCUT2D eigenvalue weighted by molar-refractivity contribution is 0.478. The van der Waals surface area contributed by atoms with Crippen LogP contribution in [0.4, 0.5) is 4.39 Å². The van der Waals surface area contributed by atoms with Crippen LogP contribution in [0.5, 0.6) is 11.5 Å². The molecule has 2 aromatic carbocycles. The van der Waals surface area contributed by atoms with Gasteiger partial charge in [0.2, 0.25) is 0 Å². The summed E-state index contributed by atoms with van der Waals surface area (Å²) in [6.07, 6.45) is 1.08. The number of benzene rings is 2. The molecule has 0 bridgehead atoms. The SMILES string of the molecule is CCC(C)c1ccc(Oc2ccc(F)cc2C#N)cc1. The van der Waals surface area contributed by atoms with Gasteiger partial charge in [-0.25, -0.2) is 4.39 Å². The van der Waals surface area contributed by atoms with Gasteiger partial charge in [0.25, 0.3) is 0 Å². The van der Waals surface area contributed by atoms with Crippen molar-refractivity contribution in [2.45, 2.75) is 26.2 Å². The van der Waals surface area contributed by atoms with Crippen molar-refractivity contribution < 1.29 is 9.13 Å². The third kappa shape index (κ3) is 3.16. The van der Waals surface area contributed by atoms with E-state index < -0.39 is 5.82 Å². The normalized spacial score (nSPS) is 11.7. The summed E-state index contributed by atoms with van der Waals surface area (Å²) >= 11 is 0. The lowest BCUT2D eigenvalue weighted by Gasteiger charge is -2.11. The Morgan fingerprint density at radius 2 is 1.90 bits per heavy atom.